The molecule has 2 rings (SSSR count). The first-order valence-electron chi connectivity index (χ1n) is 5.41. The molecule has 0 spiro atoms. The largest absolute Gasteiger partial charge is 0.325 e. The van der Waals surface area contributed by atoms with E-state index in [9.17, 15) is 13.6 Å². The molecule has 100 valence electrons. The first kappa shape index (κ1) is 13.9. The fourth-order valence-corrected chi connectivity index (χ4v) is 2.46. The van der Waals surface area contributed by atoms with Gasteiger partial charge in [-0.1, -0.05) is 35.1 Å². The Morgan fingerprint density at radius 3 is 2.95 bits per heavy atom. The average molecular weight is 303 g/mol. The quantitative estimate of drug-likeness (QED) is 0.861. The van der Waals surface area contributed by atoms with E-state index < -0.39 is 6.08 Å². The molecule has 0 atom stereocenters. The molecule has 0 saturated heterocycles. The summed E-state index contributed by atoms with van der Waals surface area (Å²) >= 11 is 6.83. The summed E-state index contributed by atoms with van der Waals surface area (Å²) < 4.78 is 25.0. The molecule has 0 aliphatic heterocycles. The SMILES string of the molecule is O=c1sc(-c2cccc(Cl)c2)nn1CCC=C(F)F. The minimum absolute atomic E-state index is 0.0704. The van der Waals surface area contributed by atoms with Gasteiger partial charge in [-0.3, -0.25) is 4.79 Å². The van der Waals surface area contributed by atoms with Crippen molar-refractivity contribution >= 4 is 22.9 Å². The summed E-state index contributed by atoms with van der Waals surface area (Å²) in [5.74, 6) is 0. The van der Waals surface area contributed by atoms with Gasteiger partial charge in [0, 0.05) is 17.1 Å². The predicted molar refractivity (Wildman–Crippen MR) is 71.7 cm³/mol. The maximum atomic E-state index is 11.9. The summed E-state index contributed by atoms with van der Waals surface area (Å²) in [4.78, 5) is 11.4. The lowest BCUT2D eigenvalue weighted by atomic mass is 10.2. The van der Waals surface area contributed by atoms with Crippen molar-refractivity contribution < 1.29 is 8.78 Å². The average Bonchev–Trinajstić information content (AvgIpc) is 2.71. The van der Waals surface area contributed by atoms with Crippen molar-refractivity contribution in [3.8, 4) is 10.6 Å². The number of hydrogen-bond donors (Lipinski definition) is 0. The van der Waals surface area contributed by atoms with Gasteiger partial charge in [-0.25, -0.2) is 4.68 Å². The molecule has 0 amide bonds. The summed E-state index contributed by atoms with van der Waals surface area (Å²) in [5, 5.41) is 5.18. The van der Waals surface area contributed by atoms with E-state index in [1.807, 2.05) is 0 Å². The van der Waals surface area contributed by atoms with Crippen LogP contribution in [0.5, 0.6) is 0 Å². The van der Waals surface area contributed by atoms with E-state index >= 15 is 0 Å². The lowest BCUT2D eigenvalue weighted by Gasteiger charge is -1.97. The van der Waals surface area contributed by atoms with Crippen LogP contribution < -0.4 is 4.87 Å². The number of halogens is 3. The molecular weight excluding hydrogens is 294 g/mol. The second-order valence-corrected chi connectivity index (χ2v) is 5.07. The fourth-order valence-electron chi connectivity index (χ4n) is 1.48. The van der Waals surface area contributed by atoms with E-state index in [1.54, 1.807) is 24.3 Å². The molecule has 0 aliphatic rings. The molecule has 0 bridgehead atoms. The van der Waals surface area contributed by atoms with Crippen molar-refractivity contribution in [1.29, 1.82) is 0 Å². The Labute approximate surface area is 116 Å². The van der Waals surface area contributed by atoms with Gasteiger partial charge in [-0.2, -0.15) is 13.9 Å². The maximum absolute atomic E-state index is 11.9. The van der Waals surface area contributed by atoms with E-state index in [2.05, 4.69) is 5.10 Å². The molecule has 0 fully saturated rings. The van der Waals surface area contributed by atoms with Gasteiger partial charge in [0.2, 0.25) is 0 Å². The number of nitrogens with zero attached hydrogens (tertiary/aromatic N) is 2. The second kappa shape index (κ2) is 6.08. The highest BCUT2D eigenvalue weighted by Crippen LogP contribution is 2.22. The molecular formula is C12H9ClF2N2OS. The van der Waals surface area contributed by atoms with Crippen LogP contribution in [0.3, 0.4) is 0 Å². The molecule has 0 unspecified atom stereocenters. The molecule has 19 heavy (non-hydrogen) atoms. The molecule has 1 heterocycles. The van der Waals surface area contributed by atoms with Crippen LogP contribution in [-0.4, -0.2) is 9.78 Å². The Morgan fingerprint density at radius 2 is 2.26 bits per heavy atom. The van der Waals surface area contributed by atoms with E-state index in [4.69, 9.17) is 11.6 Å². The third kappa shape index (κ3) is 3.71. The Morgan fingerprint density at radius 1 is 1.47 bits per heavy atom. The Bertz CT molecular complexity index is 662. The number of benzene rings is 1. The number of hydrogen-bond acceptors (Lipinski definition) is 3. The van der Waals surface area contributed by atoms with Crippen LogP contribution >= 0.6 is 22.9 Å². The van der Waals surface area contributed by atoms with Crippen LogP contribution in [0.15, 0.2) is 41.2 Å². The summed E-state index contributed by atoms with van der Waals surface area (Å²) in [5.41, 5.74) is 0.737. The Kier molecular flexibility index (Phi) is 4.44. The second-order valence-electron chi connectivity index (χ2n) is 3.69. The van der Waals surface area contributed by atoms with E-state index in [1.165, 1.54) is 4.68 Å². The maximum Gasteiger partial charge on any atom is 0.325 e. The highest BCUT2D eigenvalue weighted by atomic mass is 35.5. The van der Waals surface area contributed by atoms with Gasteiger partial charge in [0.1, 0.15) is 5.01 Å². The first-order chi connectivity index (χ1) is 9.06. The van der Waals surface area contributed by atoms with Gasteiger partial charge in [-0.15, -0.1) is 0 Å². The number of allylic oxidation sites excluding steroid dienone is 1. The lowest BCUT2D eigenvalue weighted by molar-refractivity contribution is 0.415. The predicted octanol–water partition coefficient (Wildman–Crippen LogP) is 3.80. The van der Waals surface area contributed by atoms with Crippen molar-refractivity contribution in [3.05, 3.63) is 51.1 Å². The van der Waals surface area contributed by atoms with Crippen LogP contribution in [-0.2, 0) is 6.54 Å². The van der Waals surface area contributed by atoms with Crippen molar-refractivity contribution in [2.75, 3.05) is 0 Å². The number of rotatable bonds is 4. The van der Waals surface area contributed by atoms with Crippen LogP contribution in [0, 0.1) is 0 Å². The smallest absolute Gasteiger partial charge is 0.255 e. The summed E-state index contributed by atoms with van der Waals surface area (Å²) in [6.45, 7) is 0.132. The number of aromatic nitrogens is 2. The summed E-state index contributed by atoms with van der Waals surface area (Å²) in [7, 11) is 0. The van der Waals surface area contributed by atoms with Gasteiger partial charge in [0.15, 0.2) is 0 Å². The molecule has 3 nitrogen and oxygen atoms in total. The molecule has 0 saturated carbocycles. The van der Waals surface area contributed by atoms with Crippen molar-refractivity contribution in [2.24, 2.45) is 0 Å². The third-order valence-electron chi connectivity index (χ3n) is 2.32. The van der Waals surface area contributed by atoms with Gasteiger partial charge < -0.3 is 0 Å². The van der Waals surface area contributed by atoms with Crippen molar-refractivity contribution in [2.45, 2.75) is 13.0 Å². The van der Waals surface area contributed by atoms with Crippen LogP contribution in [0.25, 0.3) is 10.6 Å². The molecule has 0 aliphatic carbocycles. The first-order valence-corrected chi connectivity index (χ1v) is 6.61. The Balaban J connectivity index is 2.21. The molecule has 7 heteroatoms. The third-order valence-corrected chi connectivity index (χ3v) is 3.45. The molecule has 1 aromatic heterocycles. The Hall–Kier alpha value is -1.53. The molecule has 0 radical (unpaired) electrons. The zero-order chi connectivity index (χ0) is 13.8. The highest BCUT2D eigenvalue weighted by Gasteiger charge is 2.08. The zero-order valence-electron chi connectivity index (χ0n) is 9.65. The minimum atomic E-state index is -1.75. The van der Waals surface area contributed by atoms with Crippen molar-refractivity contribution in [1.82, 2.24) is 9.78 Å². The minimum Gasteiger partial charge on any atom is -0.255 e. The highest BCUT2D eigenvalue weighted by molar-refractivity contribution is 7.12. The number of aryl methyl sites for hydroxylation is 1. The summed E-state index contributed by atoms with van der Waals surface area (Å²) in [6, 6.07) is 6.97. The van der Waals surface area contributed by atoms with Gasteiger partial charge in [0.25, 0.3) is 6.08 Å². The van der Waals surface area contributed by atoms with Crippen LogP contribution in [0.4, 0.5) is 8.78 Å². The van der Waals surface area contributed by atoms with Gasteiger partial charge in [0.05, 0.1) is 0 Å². The van der Waals surface area contributed by atoms with Crippen LogP contribution in [0.1, 0.15) is 6.42 Å². The molecule has 0 N–H and O–H groups in total. The fraction of sp³-hybridized carbons (Fsp3) is 0.167. The van der Waals surface area contributed by atoms with E-state index in [0.717, 1.165) is 23.0 Å². The summed E-state index contributed by atoms with van der Waals surface area (Å²) in [6.07, 6.45) is -0.912. The lowest BCUT2D eigenvalue weighted by Crippen LogP contribution is -2.14. The van der Waals surface area contributed by atoms with Gasteiger partial charge in [-0.05, 0) is 24.6 Å². The van der Waals surface area contributed by atoms with E-state index in [-0.39, 0.29) is 17.8 Å². The normalized spacial score (nSPS) is 10.5. The molecule has 1 aromatic carbocycles. The van der Waals surface area contributed by atoms with E-state index in [0.29, 0.717) is 10.0 Å². The monoisotopic (exact) mass is 302 g/mol. The standard InChI is InChI=1S/C12H9ClF2N2OS/c13-9-4-1-3-8(7-9)11-16-17(12(18)19-11)6-2-5-10(14)15/h1,3-5,7H,2,6H2. The molecule has 2 aromatic rings. The topological polar surface area (TPSA) is 34.9 Å². The zero-order valence-corrected chi connectivity index (χ0v) is 11.2. The van der Waals surface area contributed by atoms with Crippen molar-refractivity contribution in [3.63, 3.8) is 0 Å². The van der Waals surface area contributed by atoms with Gasteiger partial charge >= 0.3 is 4.87 Å². The van der Waals surface area contributed by atoms with Crippen LogP contribution in [0.2, 0.25) is 5.02 Å².